The van der Waals surface area contributed by atoms with Crippen LogP contribution in [-0.4, -0.2) is 153 Å². The number of carboxylic acids is 3. The number of carbonyl (C=O) groups excluding carboxylic acids is 8. The van der Waals surface area contributed by atoms with Gasteiger partial charge in [-0.1, -0.05) is 55.4 Å². The molecule has 410 valence electrons. The SMILES string of the molecule is CC(C)C[C@H](NC(=O)[C@H](C)NC(=O)[C@@H](N)CS)C(=O)N[C@@H](CCC(=O)O)C(=O)N[C@@H](CCC(=O)O)C(=O)N[C@@H](CC(C)C)C(=O)N[C@@H](CCCN=C(N)N)C(=O)N[C@@H](CC(C)C)C(=O)N[C@H](C(=O)O)C(C)C. The summed E-state index contributed by atoms with van der Waals surface area (Å²) >= 11 is 3.97. The maximum absolute atomic E-state index is 14.1. The van der Waals surface area contributed by atoms with Gasteiger partial charge in [-0.3, -0.25) is 52.9 Å². The van der Waals surface area contributed by atoms with Crippen LogP contribution >= 0.6 is 12.6 Å². The summed E-state index contributed by atoms with van der Waals surface area (Å²) in [5, 5.41) is 48.7. The van der Waals surface area contributed by atoms with Gasteiger partial charge >= 0.3 is 17.9 Å². The Hall–Kier alpha value is -6.25. The Bertz CT molecular complexity index is 1900. The predicted molar refractivity (Wildman–Crippen MR) is 267 cm³/mol. The zero-order valence-electron chi connectivity index (χ0n) is 42.7. The first kappa shape index (κ1) is 65.8. The molecule has 0 heterocycles. The smallest absolute Gasteiger partial charge is 0.326 e. The minimum absolute atomic E-state index is 0.0163. The van der Waals surface area contributed by atoms with Gasteiger partial charge in [0.25, 0.3) is 0 Å². The van der Waals surface area contributed by atoms with Gasteiger partial charge in [-0.25, -0.2) is 4.79 Å². The molecule has 0 spiro atoms. The third kappa shape index (κ3) is 26.8. The van der Waals surface area contributed by atoms with Crippen molar-refractivity contribution >= 4 is 83.8 Å². The van der Waals surface area contributed by atoms with Crippen LogP contribution in [0.4, 0.5) is 0 Å². The lowest BCUT2D eigenvalue weighted by molar-refractivity contribution is -0.143. The molecular formula is C45H80N12O14S. The average molecular weight is 1050 g/mol. The summed E-state index contributed by atoms with van der Waals surface area (Å²) in [5.74, 6) is -12.6. The molecule has 27 heteroatoms. The van der Waals surface area contributed by atoms with E-state index >= 15 is 0 Å². The maximum atomic E-state index is 14.1. The molecule has 9 atom stereocenters. The number of nitrogens with zero attached hydrogens (tertiary/aromatic N) is 1. The van der Waals surface area contributed by atoms with Crippen LogP contribution in [0.15, 0.2) is 4.99 Å². The van der Waals surface area contributed by atoms with Crippen LogP contribution in [0, 0.1) is 23.7 Å². The standard InChI is InChI=1S/C45H80N12O14S/c1-21(2)17-30(54-36(62)25(9)50-37(63)26(46)20-72)41(67)53-28(12-14-33(58)59)39(65)52-29(13-15-34(60)61)40(66)55-31(18-22(3)4)42(68)51-27(11-10-16-49-45(47)48)38(64)56-32(19-23(5)6)43(69)57-35(24(7)8)44(70)71/h21-32,35,72H,10-20,46H2,1-9H3,(H,50,63)(H,51,68)(H,52,65)(H,53,67)(H,54,62)(H,55,66)(H,56,64)(H,57,69)(H,58,59)(H,60,61)(H,70,71)(H4,47,48,49)/t25-,26-,27-,28-,29-,30-,31-,32-,35-/m0/s1. The van der Waals surface area contributed by atoms with Crippen LogP contribution in [0.2, 0.25) is 0 Å². The van der Waals surface area contributed by atoms with Crippen molar-refractivity contribution in [2.24, 2.45) is 45.9 Å². The maximum Gasteiger partial charge on any atom is 0.326 e. The van der Waals surface area contributed by atoms with Crippen LogP contribution in [0.1, 0.15) is 120 Å². The Kier molecular flexibility index (Phi) is 30.5. The molecular weight excluding hydrogens is 965 g/mol. The normalized spacial score (nSPS) is 15.0. The second-order valence-electron chi connectivity index (χ2n) is 19.2. The van der Waals surface area contributed by atoms with Crippen LogP contribution < -0.4 is 59.7 Å². The first-order valence-corrected chi connectivity index (χ1v) is 24.5. The summed E-state index contributed by atoms with van der Waals surface area (Å²) in [6.45, 7) is 15.0. The number of aliphatic carboxylic acids is 3. The van der Waals surface area contributed by atoms with Crippen molar-refractivity contribution in [3.63, 3.8) is 0 Å². The number of guanidine groups is 1. The molecule has 0 rings (SSSR count). The number of hydrogen-bond acceptors (Lipinski definition) is 14. The van der Waals surface area contributed by atoms with Crippen molar-refractivity contribution in [2.45, 2.75) is 174 Å². The summed E-state index contributed by atoms with van der Waals surface area (Å²) in [6, 6.07) is -12.2. The summed E-state index contributed by atoms with van der Waals surface area (Å²) in [7, 11) is 0. The summed E-state index contributed by atoms with van der Waals surface area (Å²) < 4.78 is 0. The van der Waals surface area contributed by atoms with Gasteiger partial charge in [0.15, 0.2) is 5.96 Å². The molecule has 17 N–H and O–H groups in total. The molecule has 0 aromatic rings. The molecule has 0 fully saturated rings. The van der Waals surface area contributed by atoms with E-state index in [0.29, 0.717) is 0 Å². The van der Waals surface area contributed by atoms with E-state index in [1.807, 2.05) is 0 Å². The highest BCUT2D eigenvalue weighted by molar-refractivity contribution is 7.80. The third-order valence-electron chi connectivity index (χ3n) is 10.7. The van der Waals surface area contributed by atoms with Crippen LogP contribution in [0.5, 0.6) is 0 Å². The molecule has 8 amide bonds. The zero-order valence-corrected chi connectivity index (χ0v) is 43.6. The Morgan fingerprint density at radius 2 is 0.806 bits per heavy atom. The molecule has 0 unspecified atom stereocenters. The number of nitrogens with two attached hydrogens (primary N) is 3. The van der Waals surface area contributed by atoms with Gasteiger partial charge in [-0.15, -0.1) is 0 Å². The Morgan fingerprint density at radius 1 is 0.472 bits per heavy atom. The van der Waals surface area contributed by atoms with Gasteiger partial charge in [0, 0.05) is 25.1 Å². The minimum Gasteiger partial charge on any atom is -0.481 e. The van der Waals surface area contributed by atoms with Gasteiger partial charge in [0.1, 0.15) is 48.3 Å². The summed E-state index contributed by atoms with van der Waals surface area (Å²) in [5.41, 5.74) is 16.6. The zero-order chi connectivity index (χ0) is 55.6. The number of carbonyl (C=O) groups is 11. The number of nitrogens with one attached hydrogen (secondary N) is 8. The van der Waals surface area contributed by atoms with Crippen molar-refractivity contribution in [1.29, 1.82) is 0 Å². The molecule has 0 aliphatic heterocycles. The number of carboxylic acid groups (broad SMARTS) is 3. The lowest BCUT2D eigenvalue weighted by Crippen LogP contribution is -2.60. The molecule has 0 bridgehead atoms. The lowest BCUT2D eigenvalue weighted by atomic mass is 9.99. The van der Waals surface area contributed by atoms with E-state index in [1.54, 1.807) is 55.4 Å². The largest absolute Gasteiger partial charge is 0.481 e. The molecule has 0 aromatic heterocycles. The van der Waals surface area contributed by atoms with Gasteiger partial charge in [0.05, 0.1) is 6.04 Å². The van der Waals surface area contributed by atoms with Crippen LogP contribution in [0.25, 0.3) is 0 Å². The molecule has 0 saturated heterocycles. The van der Waals surface area contributed by atoms with E-state index in [0.717, 1.165) is 0 Å². The van der Waals surface area contributed by atoms with Crippen LogP contribution in [0.3, 0.4) is 0 Å². The van der Waals surface area contributed by atoms with Crippen molar-refractivity contribution in [3.8, 4) is 0 Å². The number of amides is 8. The van der Waals surface area contributed by atoms with E-state index < -0.39 is 151 Å². The fourth-order valence-corrected chi connectivity index (χ4v) is 7.01. The van der Waals surface area contributed by atoms with E-state index in [2.05, 4.69) is 60.2 Å². The van der Waals surface area contributed by atoms with Gasteiger partial charge in [0.2, 0.25) is 47.3 Å². The molecule has 72 heavy (non-hydrogen) atoms. The molecule has 26 nitrogen and oxygen atoms in total. The highest BCUT2D eigenvalue weighted by Crippen LogP contribution is 2.13. The minimum atomic E-state index is -1.70. The van der Waals surface area contributed by atoms with Crippen LogP contribution in [-0.2, 0) is 52.7 Å². The molecule has 0 radical (unpaired) electrons. The fraction of sp³-hybridized carbons (Fsp3) is 0.733. The molecule has 0 aliphatic carbocycles. The molecule has 0 saturated carbocycles. The summed E-state index contributed by atoms with van der Waals surface area (Å²) in [4.78, 5) is 148. The Morgan fingerprint density at radius 3 is 1.12 bits per heavy atom. The third-order valence-corrected chi connectivity index (χ3v) is 11.1. The summed E-state index contributed by atoms with van der Waals surface area (Å²) in [6.07, 6.45) is -2.37. The van der Waals surface area contributed by atoms with Crippen molar-refractivity contribution < 1.29 is 68.1 Å². The van der Waals surface area contributed by atoms with Crippen molar-refractivity contribution in [2.75, 3.05) is 12.3 Å². The fourth-order valence-electron chi connectivity index (χ4n) is 6.85. The predicted octanol–water partition coefficient (Wildman–Crippen LogP) is -2.20. The van der Waals surface area contributed by atoms with Crippen molar-refractivity contribution in [3.05, 3.63) is 0 Å². The second-order valence-corrected chi connectivity index (χ2v) is 19.5. The number of hydrogen-bond donors (Lipinski definition) is 15. The topological polar surface area (TPSA) is 435 Å². The first-order valence-electron chi connectivity index (χ1n) is 23.9. The van der Waals surface area contributed by atoms with E-state index in [-0.39, 0.29) is 68.1 Å². The van der Waals surface area contributed by atoms with Gasteiger partial charge in [-0.2, -0.15) is 12.6 Å². The average Bonchev–Trinajstić information content (AvgIpc) is 3.26. The highest BCUT2D eigenvalue weighted by Gasteiger charge is 2.36. The Labute approximate surface area is 425 Å². The van der Waals surface area contributed by atoms with E-state index in [1.165, 1.54) is 6.92 Å². The molecule has 0 aromatic carbocycles. The van der Waals surface area contributed by atoms with E-state index in [9.17, 15) is 68.1 Å². The van der Waals surface area contributed by atoms with Crippen molar-refractivity contribution in [1.82, 2.24) is 42.5 Å². The first-order chi connectivity index (χ1) is 33.4. The monoisotopic (exact) mass is 1040 g/mol. The number of thiol groups is 1. The van der Waals surface area contributed by atoms with Gasteiger partial charge < -0.3 is 75.1 Å². The number of rotatable bonds is 35. The highest BCUT2D eigenvalue weighted by atomic mass is 32.1. The Balaban J connectivity index is 6.86. The quantitative estimate of drug-likeness (QED) is 0.0139. The second kappa shape index (κ2) is 33.4. The molecule has 0 aliphatic rings. The van der Waals surface area contributed by atoms with E-state index in [4.69, 9.17) is 17.2 Å². The lowest BCUT2D eigenvalue weighted by Gasteiger charge is -2.29. The number of aliphatic imine (C=N–C) groups is 1. The van der Waals surface area contributed by atoms with Gasteiger partial charge in [-0.05, 0) is 75.5 Å².